The summed E-state index contributed by atoms with van der Waals surface area (Å²) in [6.45, 7) is -0.542. The number of hydrogen-bond donors (Lipinski definition) is 1. The maximum Gasteiger partial charge on any atom is 0.514 e. The van der Waals surface area contributed by atoms with Gasteiger partial charge in [0.1, 0.15) is 12.4 Å². The molecule has 11 heteroatoms. The topological polar surface area (TPSA) is 151 Å². The number of non-ortho nitro benzene ring substituents is 1. The summed E-state index contributed by atoms with van der Waals surface area (Å²) >= 11 is 0. The summed E-state index contributed by atoms with van der Waals surface area (Å²) in [5, 5.41) is 31.3. The van der Waals surface area contributed by atoms with Crippen molar-refractivity contribution in [2.24, 2.45) is 0 Å². The largest absolute Gasteiger partial charge is 0.514 e. The van der Waals surface area contributed by atoms with E-state index in [1.165, 1.54) is 19.2 Å². The van der Waals surface area contributed by atoms with Crippen molar-refractivity contribution in [2.45, 2.75) is 6.61 Å². The zero-order valence-corrected chi connectivity index (χ0v) is 13.3. The van der Waals surface area contributed by atoms with Gasteiger partial charge in [-0.15, -0.1) is 0 Å². The fourth-order valence-electron chi connectivity index (χ4n) is 1.95. The van der Waals surface area contributed by atoms with E-state index in [1.54, 1.807) is 0 Å². The summed E-state index contributed by atoms with van der Waals surface area (Å²) in [6, 6.07) is 6.69. The fraction of sp³-hybridized carbons (Fsp3) is 0.133. The molecule has 2 rings (SSSR count). The van der Waals surface area contributed by atoms with E-state index < -0.39 is 28.3 Å². The van der Waals surface area contributed by atoms with E-state index in [2.05, 4.69) is 0 Å². The third kappa shape index (κ3) is 4.35. The van der Waals surface area contributed by atoms with Crippen molar-refractivity contribution in [1.29, 1.82) is 0 Å². The number of nitrogens with zero attached hydrogens (tertiary/aromatic N) is 2. The predicted molar refractivity (Wildman–Crippen MR) is 85.2 cm³/mol. The summed E-state index contributed by atoms with van der Waals surface area (Å²) in [6.07, 6.45) is -1.18. The second kappa shape index (κ2) is 7.79. The van der Waals surface area contributed by atoms with Gasteiger partial charge in [0, 0.05) is 12.1 Å². The van der Waals surface area contributed by atoms with Crippen molar-refractivity contribution in [3.05, 3.63) is 62.2 Å². The van der Waals surface area contributed by atoms with Crippen LogP contribution in [-0.4, -0.2) is 28.2 Å². The molecule has 2 aromatic carbocycles. The van der Waals surface area contributed by atoms with E-state index >= 15 is 0 Å². The molecule has 0 atom stereocenters. The molecule has 0 saturated heterocycles. The molecule has 0 saturated carbocycles. The summed E-state index contributed by atoms with van der Waals surface area (Å²) in [4.78, 5) is 31.9. The molecule has 0 aliphatic rings. The number of benzene rings is 2. The molecular weight excluding hydrogens is 352 g/mol. The first kappa shape index (κ1) is 18.4. The lowest BCUT2D eigenvalue weighted by Crippen LogP contribution is -2.11. The molecule has 2 aromatic rings. The number of nitro benzene ring substituents is 2. The predicted octanol–water partition coefficient (Wildman–Crippen LogP) is 2.93. The van der Waals surface area contributed by atoms with Crippen LogP contribution in [0, 0.1) is 20.2 Å². The van der Waals surface area contributed by atoms with Gasteiger partial charge in [-0.2, -0.15) is 0 Å². The van der Waals surface area contributed by atoms with E-state index in [1.807, 2.05) is 0 Å². The maximum absolute atomic E-state index is 11.7. The molecule has 0 aliphatic heterocycles. The van der Waals surface area contributed by atoms with Crippen LogP contribution in [0.4, 0.5) is 16.2 Å². The van der Waals surface area contributed by atoms with E-state index in [9.17, 15) is 30.1 Å². The van der Waals surface area contributed by atoms with Crippen molar-refractivity contribution in [1.82, 2.24) is 0 Å². The van der Waals surface area contributed by atoms with Gasteiger partial charge < -0.3 is 19.3 Å². The minimum absolute atomic E-state index is 0.00678. The first-order chi connectivity index (χ1) is 12.3. The van der Waals surface area contributed by atoms with Crippen LogP contribution < -0.4 is 9.47 Å². The number of nitro groups is 2. The first-order valence-electron chi connectivity index (χ1n) is 6.95. The Kier molecular flexibility index (Phi) is 5.53. The molecule has 136 valence electrons. The van der Waals surface area contributed by atoms with Crippen molar-refractivity contribution >= 4 is 17.5 Å². The van der Waals surface area contributed by atoms with Gasteiger partial charge >= 0.3 is 6.16 Å². The molecule has 0 aliphatic carbocycles. The number of aromatic hydroxyl groups is 1. The Morgan fingerprint density at radius 2 is 1.77 bits per heavy atom. The van der Waals surface area contributed by atoms with Crippen molar-refractivity contribution in [3.8, 4) is 17.2 Å². The van der Waals surface area contributed by atoms with Crippen LogP contribution >= 0.6 is 0 Å². The van der Waals surface area contributed by atoms with E-state index in [0.29, 0.717) is 0 Å². The SMILES string of the molecule is COc1cc([N+](=O)[O-])c(COC(=O)Oc2ccc([N+](=O)[O-])cc2)cc1O. The molecule has 0 unspecified atom stereocenters. The number of carbonyl (C=O) groups is 1. The highest BCUT2D eigenvalue weighted by Crippen LogP contribution is 2.34. The standard InChI is InChI=1S/C15H12N2O9/c1-24-14-7-12(17(22)23)9(6-13(14)18)8-25-15(19)26-11-4-2-10(3-5-11)16(20)21/h2-7,18H,8H2,1H3. The lowest BCUT2D eigenvalue weighted by Gasteiger charge is -2.09. The number of phenolic OH excluding ortho intramolecular Hbond substituents is 1. The van der Waals surface area contributed by atoms with E-state index in [-0.39, 0.29) is 28.5 Å². The van der Waals surface area contributed by atoms with Gasteiger partial charge in [0.05, 0.1) is 28.6 Å². The van der Waals surface area contributed by atoms with Gasteiger partial charge in [0.2, 0.25) is 0 Å². The minimum atomic E-state index is -1.18. The Morgan fingerprint density at radius 1 is 1.12 bits per heavy atom. The van der Waals surface area contributed by atoms with Crippen LogP contribution in [0.5, 0.6) is 17.2 Å². The normalized spacial score (nSPS) is 10.0. The Labute approximate surface area is 145 Å². The fourth-order valence-corrected chi connectivity index (χ4v) is 1.95. The molecule has 0 heterocycles. The second-order valence-electron chi connectivity index (χ2n) is 4.80. The number of rotatable bonds is 6. The highest BCUT2D eigenvalue weighted by molar-refractivity contribution is 5.64. The van der Waals surface area contributed by atoms with Gasteiger partial charge in [-0.3, -0.25) is 20.2 Å². The van der Waals surface area contributed by atoms with Crippen molar-refractivity contribution in [2.75, 3.05) is 7.11 Å². The Hall–Kier alpha value is -3.89. The summed E-state index contributed by atoms with van der Waals surface area (Å²) in [5.41, 5.74) is -0.674. The van der Waals surface area contributed by atoms with Crippen LogP contribution in [0.3, 0.4) is 0 Å². The molecular formula is C15H12N2O9. The zero-order valence-electron chi connectivity index (χ0n) is 13.3. The number of hydrogen-bond acceptors (Lipinski definition) is 9. The molecule has 0 radical (unpaired) electrons. The zero-order chi connectivity index (χ0) is 19.3. The van der Waals surface area contributed by atoms with Crippen LogP contribution in [-0.2, 0) is 11.3 Å². The molecule has 0 amide bonds. The van der Waals surface area contributed by atoms with Crippen LogP contribution in [0.25, 0.3) is 0 Å². The van der Waals surface area contributed by atoms with Crippen LogP contribution in [0.1, 0.15) is 5.56 Å². The molecule has 0 spiro atoms. The van der Waals surface area contributed by atoms with E-state index in [4.69, 9.17) is 14.2 Å². The van der Waals surface area contributed by atoms with Crippen LogP contribution in [0.15, 0.2) is 36.4 Å². The van der Waals surface area contributed by atoms with Crippen LogP contribution in [0.2, 0.25) is 0 Å². The smallest absolute Gasteiger partial charge is 0.504 e. The Morgan fingerprint density at radius 3 is 2.31 bits per heavy atom. The third-order valence-electron chi connectivity index (χ3n) is 3.17. The van der Waals surface area contributed by atoms with Crippen molar-refractivity contribution in [3.63, 3.8) is 0 Å². The Balaban J connectivity index is 2.06. The minimum Gasteiger partial charge on any atom is -0.504 e. The molecule has 0 aromatic heterocycles. The number of methoxy groups -OCH3 is 1. The highest BCUT2D eigenvalue weighted by atomic mass is 16.7. The van der Waals surface area contributed by atoms with Crippen molar-refractivity contribution < 1.29 is 34.0 Å². The molecule has 0 fully saturated rings. The summed E-state index contributed by atoms with van der Waals surface area (Å²) in [7, 11) is 1.23. The second-order valence-corrected chi connectivity index (χ2v) is 4.80. The number of ether oxygens (including phenoxy) is 3. The maximum atomic E-state index is 11.7. The molecule has 26 heavy (non-hydrogen) atoms. The number of phenols is 1. The highest BCUT2D eigenvalue weighted by Gasteiger charge is 2.20. The van der Waals surface area contributed by atoms with E-state index in [0.717, 1.165) is 24.3 Å². The third-order valence-corrected chi connectivity index (χ3v) is 3.17. The quantitative estimate of drug-likeness (QED) is 0.353. The van der Waals surface area contributed by atoms with Gasteiger partial charge in [0.15, 0.2) is 11.5 Å². The summed E-state index contributed by atoms with van der Waals surface area (Å²) in [5.74, 6) is -0.470. The lowest BCUT2D eigenvalue weighted by atomic mass is 10.1. The molecule has 1 N–H and O–H groups in total. The first-order valence-corrected chi connectivity index (χ1v) is 6.95. The van der Waals surface area contributed by atoms with Gasteiger partial charge in [0.25, 0.3) is 11.4 Å². The van der Waals surface area contributed by atoms with Gasteiger partial charge in [-0.05, 0) is 18.2 Å². The summed E-state index contributed by atoms with van der Waals surface area (Å²) < 4.78 is 14.4. The average molecular weight is 364 g/mol. The Bertz CT molecular complexity index is 849. The molecule has 0 bridgehead atoms. The monoisotopic (exact) mass is 364 g/mol. The van der Waals surface area contributed by atoms with Gasteiger partial charge in [-0.1, -0.05) is 0 Å². The number of carbonyl (C=O) groups excluding carboxylic acids is 1. The average Bonchev–Trinajstić information content (AvgIpc) is 2.60. The van der Waals surface area contributed by atoms with Gasteiger partial charge in [-0.25, -0.2) is 4.79 Å². The molecule has 11 nitrogen and oxygen atoms in total. The lowest BCUT2D eigenvalue weighted by molar-refractivity contribution is -0.386.